The van der Waals surface area contributed by atoms with E-state index in [0.717, 1.165) is 5.56 Å². The summed E-state index contributed by atoms with van der Waals surface area (Å²) in [6.45, 7) is 0. The fourth-order valence-corrected chi connectivity index (χ4v) is 2.19. The van der Waals surface area contributed by atoms with Crippen molar-refractivity contribution in [2.45, 2.75) is 0 Å². The molecule has 2 aromatic carbocycles. The topological polar surface area (TPSA) is 67.4 Å². The highest BCUT2D eigenvalue weighted by atomic mass is 35.5. The molecule has 0 heterocycles. The molecule has 6 heteroatoms. The van der Waals surface area contributed by atoms with Crippen LogP contribution in [-0.2, 0) is 4.79 Å². The van der Waals surface area contributed by atoms with Crippen LogP contribution >= 0.6 is 11.6 Å². The number of benzene rings is 2. The maximum atomic E-state index is 12.0. The third kappa shape index (κ3) is 4.60. The Morgan fingerprint density at radius 3 is 2.46 bits per heavy atom. The summed E-state index contributed by atoms with van der Waals surface area (Å²) in [5.74, 6) is 0.0540. The molecule has 124 valence electrons. The zero-order chi connectivity index (χ0) is 17.5. The van der Waals surface area contributed by atoms with Crippen LogP contribution in [-0.4, -0.2) is 26.0 Å². The molecule has 0 spiro atoms. The SMILES string of the molecule is CNC(=O)c1ccc(/C=C/C(=O)Nc2cc(Cl)ccc2OC)cc1. The first-order valence-corrected chi connectivity index (χ1v) is 7.56. The second-order valence-corrected chi connectivity index (χ2v) is 5.30. The van der Waals surface area contributed by atoms with Crippen molar-refractivity contribution >= 4 is 35.2 Å². The third-order valence-corrected chi connectivity index (χ3v) is 3.48. The van der Waals surface area contributed by atoms with Gasteiger partial charge in [-0.25, -0.2) is 0 Å². The summed E-state index contributed by atoms with van der Waals surface area (Å²) in [5, 5.41) is 5.76. The van der Waals surface area contributed by atoms with Crippen molar-refractivity contribution in [2.24, 2.45) is 0 Å². The Kier molecular flexibility index (Phi) is 5.98. The van der Waals surface area contributed by atoms with Crippen LogP contribution in [0.1, 0.15) is 15.9 Å². The van der Waals surface area contributed by atoms with Crippen LogP contribution in [0.15, 0.2) is 48.5 Å². The lowest BCUT2D eigenvalue weighted by atomic mass is 10.1. The predicted molar refractivity (Wildman–Crippen MR) is 95.5 cm³/mol. The van der Waals surface area contributed by atoms with Gasteiger partial charge in [0.1, 0.15) is 5.75 Å². The maximum absolute atomic E-state index is 12.0. The van der Waals surface area contributed by atoms with E-state index in [1.807, 2.05) is 0 Å². The number of carbonyl (C=O) groups is 2. The van der Waals surface area contributed by atoms with Crippen LogP contribution in [0.5, 0.6) is 5.75 Å². The zero-order valence-corrected chi connectivity index (χ0v) is 14.1. The minimum Gasteiger partial charge on any atom is -0.495 e. The molecule has 24 heavy (non-hydrogen) atoms. The smallest absolute Gasteiger partial charge is 0.251 e. The minimum atomic E-state index is -0.314. The molecule has 0 saturated carbocycles. The second kappa shape index (κ2) is 8.17. The van der Waals surface area contributed by atoms with Crippen LogP contribution in [0, 0.1) is 0 Å². The second-order valence-electron chi connectivity index (χ2n) is 4.87. The van der Waals surface area contributed by atoms with Gasteiger partial charge >= 0.3 is 0 Å². The lowest BCUT2D eigenvalue weighted by Crippen LogP contribution is -2.17. The maximum Gasteiger partial charge on any atom is 0.251 e. The van der Waals surface area contributed by atoms with Gasteiger partial charge in [-0.15, -0.1) is 0 Å². The van der Waals surface area contributed by atoms with Crippen molar-refractivity contribution in [2.75, 3.05) is 19.5 Å². The average Bonchev–Trinajstić information content (AvgIpc) is 2.60. The molecule has 2 aromatic rings. The van der Waals surface area contributed by atoms with E-state index < -0.39 is 0 Å². The molecule has 0 aromatic heterocycles. The highest BCUT2D eigenvalue weighted by molar-refractivity contribution is 6.31. The van der Waals surface area contributed by atoms with Crippen molar-refractivity contribution in [3.8, 4) is 5.75 Å². The average molecular weight is 345 g/mol. The molecule has 0 aliphatic rings. The first kappa shape index (κ1) is 17.6. The summed E-state index contributed by atoms with van der Waals surface area (Å²) in [4.78, 5) is 23.5. The van der Waals surface area contributed by atoms with Gasteiger partial charge in [0.25, 0.3) is 5.91 Å². The summed E-state index contributed by atoms with van der Waals surface area (Å²) in [6.07, 6.45) is 3.05. The first-order valence-electron chi connectivity index (χ1n) is 7.18. The fourth-order valence-electron chi connectivity index (χ4n) is 2.01. The van der Waals surface area contributed by atoms with Crippen LogP contribution < -0.4 is 15.4 Å². The van der Waals surface area contributed by atoms with E-state index in [1.54, 1.807) is 55.6 Å². The first-order chi connectivity index (χ1) is 11.5. The molecule has 2 amide bonds. The van der Waals surface area contributed by atoms with Gasteiger partial charge in [-0.2, -0.15) is 0 Å². The van der Waals surface area contributed by atoms with Crippen molar-refractivity contribution in [3.05, 3.63) is 64.7 Å². The van der Waals surface area contributed by atoms with Crippen LogP contribution in [0.3, 0.4) is 0 Å². The number of rotatable bonds is 5. The number of ether oxygens (including phenoxy) is 1. The third-order valence-electron chi connectivity index (χ3n) is 3.25. The number of carbonyl (C=O) groups excluding carboxylic acids is 2. The highest BCUT2D eigenvalue weighted by Gasteiger charge is 2.06. The fraction of sp³-hybridized carbons (Fsp3) is 0.111. The molecule has 0 unspecified atom stereocenters. The van der Waals surface area contributed by atoms with Gasteiger partial charge < -0.3 is 15.4 Å². The van der Waals surface area contributed by atoms with E-state index in [9.17, 15) is 9.59 Å². The van der Waals surface area contributed by atoms with E-state index in [-0.39, 0.29) is 11.8 Å². The van der Waals surface area contributed by atoms with E-state index in [4.69, 9.17) is 16.3 Å². The number of hydrogen-bond donors (Lipinski definition) is 2. The lowest BCUT2D eigenvalue weighted by molar-refractivity contribution is -0.111. The molecule has 2 N–H and O–H groups in total. The van der Waals surface area contributed by atoms with E-state index in [2.05, 4.69) is 10.6 Å². The monoisotopic (exact) mass is 344 g/mol. The van der Waals surface area contributed by atoms with Crippen LogP contribution in [0.25, 0.3) is 6.08 Å². The number of amides is 2. The van der Waals surface area contributed by atoms with Gasteiger partial charge in [0.15, 0.2) is 0 Å². The number of anilines is 1. The summed E-state index contributed by atoms with van der Waals surface area (Å²) in [7, 11) is 3.09. The van der Waals surface area contributed by atoms with Crippen LogP contribution in [0.2, 0.25) is 5.02 Å². The Morgan fingerprint density at radius 1 is 1.12 bits per heavy atom. The van der Waals surface area contributed by atoms with Gasteiger partial charge in [0.05, 0.1) is 12.8 Å². The van der Waals surface area contributed by atoms with E-state index >= 15 is 0 Å². The van der Waals surface area contributed by atoms with Gasteiger partial charge in [0.2, 0.25) is 5.91 Å². The van der Waals surface area contributed by atoms with E-state index in [0.29, 0.717) is 22.0 Å². The Bertz CT molecular complexity index is 770. The lowest BCUT2D eigenvalue weighted by Gasteiger charge is -2.08. The number of nitrogens with one attached hydrogen (secondary N) is 2. The highest BCUT2D eigenvalue weighted by Crippen LogP contribution is 2.27. The molecule has 0 bridgehead atoms. The van der Waals surface area contributed by atoms with Gasteiger partial charge in [-0.3, -0.25) is 9.59 Å². The van der Waals surface area contributed by atoms with E-state index in [1.165, 1.54) is 13.2 Å². The normalized spacial score (nSPS) is 10.5. The van der Waals surface area contributed by atoms with Gasteiger partial charge in [-0.05, 0) is 42.0 Å². The minimum absolute atomic E-state index is 0.156. The number of methoxy groups -OCH3 is 1. The Morgan fingerprint density at radius 2 is 1.83 bits per heavy atom. The molecular weight excluding hydrogens is 328 g/mol. The summed E-state index contributed by atoms with van der Waals surface area (Å²) in [5.41, 5.74) is 1.85. The number of halogens is 1. The molecule has 0 atom stereocenters. The quantitative estimate of drug-likeness (QED) is 0.817. The van der Waals surface area contributed by atoms with Gasteiger partial charge in [0, 0.05) is 23.7 Å². The molecule has 0 radical (unpaired) electrons. The van der Waals surface area contributed by atoms with Crippen molar-refractivity contribution in [1.29, 1.82) is 0 Å². The molecule has 0 aliphatic carbocycles. The van der Waals surface area contributed by atoms with Crippen molar-refractivity contribution in [3.63, 3.8) is 0 Å². The standard InChI is InChI=1S/C18H17ClN2O3/c1-20-18(23)13-6-3-12(4-7-13)5-10-17(22)21-15-11-14(19)8-9-16(15)24-2/h3-11H,1-2H3,(H,20,23)(H,21,22)/b10-5+. The molecule has 2 rings (SSSR count). The molecule has 5 nitrogen and oxygen atoms in total. The molecule has 0 aliphatic heterocycles. The van der Waals surface area contributed by atoms with Gasteiger partial charge in [-0.1, -0.05) is 23.7 Å². The number of hydrogen-bond acceptors (Lipinski definition) is 3. The van der Waals surface area contributed by atoms with Crippen LogP contribution in [0.4, 0.5) is 5.69 Å². The molecule has 0 saturated heterocycles. The Balaban J connectivity index is 2.05. The molecule has 0 fully saturated rings. The Hall–Kier alpha value is -2.79. The Labute approximate surface area is 145 Å². The van der Waals surface area contributed by atoms with Crippen molar-refractivity contribution in [1.82, 2.24) is 5.32 Å². The zero-order valence-electron chi connectivity index (χ0n) is 13.3. The summed E-state index contributed by atoms with van der Waals surface area (Å²) in [6, 6.07) is 11.9. The van der Waals surface area contributed by atoms with Crippen molar-refractivity contribution < 1.29 is 14.3 Å². The summed E-state index contributed by atoms with van der Waals surface area (Å²) < 4.78 is 5.17. The predicted octanol–water partition coefficient (Wildman–Crippen LogP) is 3.36. The largest absolute Gasteiger partial charge is 0.495 e. The summed E-state index contributed by atoms with van der Waals surface area (Å²) >= 11 is 5.92. The molecular formula is C18H17ClN2O3.